The van der Waals surface area contributed by atoms with E-state index in [1.807, 2.05) is 0 Å². The Balaban J connectivity index is 1.95. The van der Waals surface area contributed by atoms with Gasteiger partial charge < -0.3 is 19.3 Å². The minimum absolute atomic E-state index is 0.113. The highest BCUT2D eigenvalue weighted by atomic mass is 32.2. The van der Waals surface area contributed by atoms with Gasteiger partial charge in [-0.2, -0.15) is 4.31 Å². The molecule has 1 N–H and O–H groups in total. The molecule has 1 amide bonds. The third-order valence-corrected chi connectivity index (χ3v) is 7.53. The number of carbonyl (C=O) groups excluding carboxylic acids is 2. The number of fused-ring (bicyclic) bond motifs is 3. The van der Waals surface area contributed by atoms with Crippen LogP contribution in [-0.2, 0) is 19.5 Å². The predicted molar refractivity (Wildman–Crippen MR) is 119 cm³/mol. The van der Waals surface area contributed by atoms with Crippen LogP contribution in [0.1, 0.15) is 33.8 Å². The quantitative estimate of drug-likeness (QED) is 0.613. The van der Waals surface area contributed by atoms with Crippen molar-refractivity contribution in [3.8, 4) is 5.75 Å². The molecule has 0 aromatic heterocycles. The van der Waals surface area contributed by atoms with E-state index in [4.69, 9.17) is 19.3 Å². The lowest BCUT2D eigenvalue weighted by Crippen LogP contribution is -2.38. The Labute approximate surface area is 195 Å². The van der Waals surface area contributed by atoms with Crippen molar-refractivity contribution in [2.24, 2.45) is 5.92 Å². The van der Waals surface area contributed by atoms with Crippen LogP contribution in [0, 0.1) is 11.7 Å². The molecule has 2 aliphatic rings. The number of nitrogens with zero attached hydrogens (tertiary/aromatic N) is 1. The number of hydrogen-bond donors (Lipinski definition) is 1. The molecule has 2 atom stereocenters. The highest BCUT2D eigenvalue weighted by molar-refractivity contribution is 7.93. The summed E-state index contributed by atoms with van der Waals surface area (Å²) < 4.78 is 57.1. The smallest absolute Gasteiger partial charge is 0.428 e. The van der Waals surface area contributed by atoms with Crippen molar-refractivity contribution in [1.82, 2.24) is 0 Å². The van der Waals surface area contributed by atoms with Gasteiger partial charge in [0.1, 0.15) is 17.1 Å². The highest BCUT2D eigenvalue weighted by Crippen LogP contribution is 2.55. The summed E-state index contributed by atoms with van der Waals surface area (Å²) in [4.78, 5) is 25.2. The molecule has 0 saturated heterocycles. The molecule has 1 fully saturated rings. The molecule has 9 nitrogen and oxygen atoms in total. The minimum Gasteiger partial charge on any atom is -0.492 e. The fraction of sp³-hybridized carbons (Fsp3) is 0.304. The fourth-order valence-electron chi connectivity index (χ4n) is 4.08. The maximum Gasteiger partial charge on any atom is 0.428 e. The number of hydrogen-bond acceptors (Lipinski definition) is 8. The van der Waals surface area contributed by atoms with E-state index in [9.17, 15) is 22.4 Å². The second-order valence-corrected chi connectivity index (χ2v) is 9.54. The third-order valence-electron chi connectivity index (χ3n) is 5.77. The Bertz CT molecular complexity index is 1290. The van der Waals surface area contributed by atoms with E-state index in [0.717, 1.165) is 44.4 Å². The summed E-state index contributed by atoms with van der Waals surface area (Å²) in [5.74, 6) is -0.958. The maximum absolute atomic E-state index is 13.9. The van der Waals surface area contributed by atoms with Crippen molar-refractivity contribution in [3.63, 3.8) is 0 Å². The lowest BCUT2D eigenvalue weighted by Gasteiger charge is -2.27. The van der Waals surface area contributed by atoms with Crippen LogP contribution in [-0.4, -0.2) is 53.0 Å². The van der Waals surface area contributed by atoms with Crippen LogP contribution in [0.4, 0.5) is 14.9 Å². The normalized spacial score (nSPS) is 18.5. The van der Waals surface area contributed by atoms with Crippen LogP contribution < -0.4 is 9.04 Å². The second-order valence-electron chi connectivity index (χ2n) is 7.79. The van der Waals surface area contributed by atoms with Gasteiger partial charge in [-0.05, 0) is 47.7 Å². The van der Waals surface area contributed by atoms with E-state index in [0.29, 0.717) is 16.8 Å². The van der Waals surface area contributed by atoms with Gasteiger partial charge in [0.05, 0.1) is 38.0 Å². The lowest BCUT2D eigenvalue weighted by atomic mass is 10.00. The van der Waals surface area contributed by atoms with Crippen molar-refractivity contribution in [2.75, 3.05) is 31.7 Å². The molecular formula is C23H22FNO8S. The summed E-state index contributed by atoms with van der Waals surface area (Å²) in [6, 6.07) is 5.79. The summed E-state index contributed by atoms with van der Waals surface area (Å²) in [6.45, 7) is -0.0717. The van der Waals surface area contributed by atoms with Crippen LogP contribution in [0.5, 0.6) is 5.75 Å². The van der Waals surface area contributed by atoms with E-state index < -0.39 is 39.4 Å². The van der Waals surface area contributed by atoms with Crippen LogP contribution in [0.15, 0.2) is 41.3 Å². The third kappa shape index (κ3) is 4.01. The molecule has 34 heavy (non-hydrogen) atoms. The summed E-state index contributed by atoms with van der Waals surface area (Å²) in [5, 5.41) is 9.09. The van der Waals surface area contributed by atoms with E-state index in [2.05, 4.69) is 0 Å². The molecule has 1 aliphatic heterocycles. The molecule has 0 bridgehead atoms. The van der Waals surface area contributed by atoms with Crippen LogP contribution in [0.25, 0.3) is 6.08 Å². The Morgan fingerprint density at radius 3 is 2.68 bits per heavy atom. The molecule has 0 radical (unpaired) electrons. The molecule has 2 unspecified atom stereocenters. The van der Waals surface area contributed by atoms with Crippen molar-refractivity contribution in [1.29, 1.82) is 0 Å². The number of ether oxygens (including phenoxy) is 3. The summed E-state index contributed by atoms with van der Waals surface area (Å²) in [6.07, 6.45) is 2.00. The molecule has 11 heteroatoms. The van der Waals surface area contributed by atoms with Crippen LogP contribution in [0.2, 0.25) is 0 Å². The number of aliphatic hydroxyl groups excluding tert-OH is 1. The first-order chi connectivity index (χ1) is 16.2. The topological polar surface area (TPSA) is 119 Å². The monoisotopic (exact) mass is 491 g/mol. The number of benzene rings is 2. The number of sulfonamides is 1. The van der Waals surface area contributed by atoms with E-state index in [1.165, 1.54) is 18.2 Å². The van der Waals surface area contributed by atoms with Gasteiger partial charge in [0.25, 0.3) is 10.0 Å². The highest BCUT2D eigenvalue weighted by Gasteiger charge is 2.47. The molecule has 180 valence electrons. The average molecular weight is 491 g/mol. The van der Waals surface area contributed by atoms with E-state index in [1.54, 1.807) is 6.07 Å². The van der Waals surface area contributed by atoms with Gasteiger partial charge in [0.15, 0.2) is 0 Å². The molecule has 1 heterocycles. The lowest BCUT2D eigenvalue weighted by molar-refractivity contribution is 0.0596. The average Bonchev–Trinajstić information content (AvgIpc) is 3.62. The van der Waals surface area contributed by atoms with E-state index >= 15 is 0 Å². The largest absolute Gasteiger partial charge is 0.492 e. The number of amides is 1. The van der Waals surface area contributed by atoms with Gasteiger partial charge in [-0.3, -0.25) is 0 Å². The van der Waals surface area contributed by atoms with Gasteiger partial charge in [-0.25, -0.2) is 22.4 Å². The predicted octanol–water partition coefficient (Wildman–Crippen LogP) is 3.08. The van der Waals surface area contributed by atoms with Crippen LogP contribution >= 0.6 is 0 Å². The standard InChI is InChI=1S/C23H22FNO8S/c1-31-22(27)20-18(7-6-16-17-11-14(17)12-33-21(16)20)25(23(28)32-2)34(29,30)19-8-5-15(24)10-13(19)4-3-9-26/h3-8,10,14,17,26H,9,11-12H2,1-2H3. The van der Waals surface area contributed by atoms with E-state index in [-0.39, 0.29) is 28.5 Å². The van der Waals surface area contributed by atoms with Crippen molar-refractivity contribution in [3.05, 3.63) is 58.9 Å². The zero-order valence-electron chi connectivity index (χ0n) is 18.4. The van der Waals surface area contributed by atoms with Gasteiger partial charge in [-0.15, -0.1) is 0 Å². The van der Waals surface area contributed by atoms with Gasteiger partial charge in [0, 0.05) is 5.92 Å². The number of esters is 1. The summed E-state index contributed by atoms with van der Waals surface area (Å²) >= 11 is 0. The molecule has 4 rings (SSSR count). The number of halogens is 1. The number of anilines is 1. The number of rotatable bonds is 6. The number of aliphatic hydroxyl groups is 1. The Hall–Kier alpha value is -3.44. The molecule has 2 aromatic carbocycles. The van der Waals surface area contributed by atoms with Gasteiger partial charge >= 0.3 is 12.1 Å². The second kappa shape index (κ2) is 9.07. The number of methoxy groups -OCH3 is 2. The van der Waals surface area contributed by atoms with Crippen molar-refractivity contribution < 1.29 is 41.7 Å². The minimum atomic E-state index is -4.74. The first kappa shape index (κ1) is 23.7. The first-order valence-electron chi connectivity index (χ1n) is 10.3. The Morgan fingerprint density at radius 2 is 2.00 bits per heavy atom. The summed E-state index contributed by atoms with van der Waals surface area (Å²) in [7, 11) is -2.62. The fourth-order valence-corrected chi connectivity index (χ4v) is 5.62. The molecular weight excluding hydrogens is 469 g/mol. The van der Waals surface area contributed by atoms with Crippen molar-refractivity contribution >= 4 is 33.8 Å². The number of carbonyl (C=O) groups is 2. The molecule has 1 aliphatic carbocycles. The Kier molecular flexibility index (Phi) is 6.32. The SMILES string of the molecule is COC(=O)c1c(N(C(=O)OC)S(=O)(=O)c2ccc(F)cc2C=CCO)ccc2c1OCC1CC21. The maximum atomic E-state index is 13.9. The Morgan fingerprint density at radius 1 is 1.24 bits per heavy atom. The first-order valence-corrected chi connectivity index (χ1v) is 11.8. The van der Waals surface area contributed by atoms with Gasteiger partial charge in [-0.1, -0.05) is 18.2 Å². The summed E-state index contributed by atoms with van der Waals surface area (Å²) in [5.41, 5.74) is 0.0698. The van der Waals surface area contributed by atoms with Crippen LogP contribution in [0.3, 0.4) is 0 Å². The molecule has 1 saturated carbocycles. The molecule has 2 aromatic rings. The van der Waals surface area contributed by atoms with Crippen molar-refractivity contribution in [2.45, 2.75) is 17.2 Å². The molecule has 0 spiro atoms. The zero-order chi connectivity index (χ0) is 24.6. The van der Waals surface area contributed by atoms with Gasteiger partial charge in [0.2, 0.25) is 0 Å². The zero-order valence-corrected chi connectivity index (χ0v) is 19.2.